The summed E-state index contributed by atoms with van der Waals surface area (Å²) in [5.41, 5.74) is 1.85. The molecule has 0 unspecified atom stereocenters. The van der Waals surface area contributed by atoms with Crippen LogP contribution in [0.1, 0.15) is 17.5 Å². The minimum absolute atomic E-state index is 0.00553. The molecule has 1 aromatic rings. The van der Waals surface area contributed by atoms with Crippen LogP contribution in [0.15, 0.2) is 24.3 Å². The van der Waals surface area contributed by atoms with Gasteiger partial charge in [-0.3, -0.25) is 4.79 Å². The number of benzene rings is 1. The maximum absolute atomic E-state index is 12.6. The van der Waals surface area contributed by atoms with Crippen molar-refractivity contribution in [2.24, 2.45) is 5.92 Å². The van der Waals surface area contributed by atoms with Gasteiger partial charge < -0.3 is 10.0 Å². The van der Waals surface area contributed by atoms with E-state index in [1.54, 1.807) is 0 Å². The predicted octanol–water partition coefficient (Wildman–Crippen LogP) is 0.459. The minimum Gasteiger partial charge on any atom is -0.480 e. The number of rotatable bonds is 2. The molecule has 0 saturated carbocycles. The van der Waals surface area contributed by atoms with E-state index >= 15 is 0 Å². The number of sulfone groups is 1. The number of fused-ring (bicyclic) bond motifs is 1. The topological polar surface area (TPSA) is 91.8 Å². The second-order valence-corrected chi connectivity index (χ2v) is 8.12. The highest BCUT2D eigenvalue weighted by Gasteiger charge is 2.41. The van der Waals surface area contributed by atoms with Crippen LogP contribution in [0.25, 0.3) is 0 Å². The molecule has 1 fully saturated rings. The van der Waals surface area contributed by atoms with Crippen molar-refractivity contribution in [2.45, 2.75) is 25.4 Å². The molecule has 1 N–H and O–H groups in total. The molecule has 2 aliphatic rings. The predicted molar refractivity (Wildman–Crippen MR) is 78.9 cm³/mol. The van der Waals surface area contributed by atoms with Crippen molar-refractivity contribution in [3.63, 3.8) is 0 Å². The first kappa shape index (κ1) is 15.0. The number of hydrogen-bond donors (Lipinski definition) is 1. The highest BCUT2D eigenvalue weighted by Crippen LogP contribution is 2.28. The molecule has 1 saturated heterocycles. The normalized spacial score (nSPS) is 26.5. The molecule has 0 aliphatic carbocycles. The first-order valence-electron chi connectivity index (χ1n) is 7.18. The van der Waals surface area contributed by atoms with E-state index in [4.69, 9.17) is 0 Å². The Hall–Kier alpha value is -1.89. The average Bonchev–Trinajstić information content (AvgIpc) is 2.85. The van der Waals surface area contributed by atoms with E-state index in [9.17, 15) is 23.1 Å². The van der Waals surface area contributed by atoms with Crippen LogP contribution in [0, 0.1) is 5.92 Å². The second kappa shape index (κ2) is 5.39. The SMILES string of the molecule is O=C(O)[C@@H]1Cc2ccccc2CN1C(=O)[C@@H]1CCS(=O)(=O)C1. The molecule has 3 rings (SSSR count). The fourth-order valence-corrected chi connectivity index (χ4v) is 4.93. The van der Waals surface area contributed by atoms with Crippen molar-refractivity contribution in [3.05, 3.63) is 35.4 Å². The van der Waals surface area contributed by atoms with E-state index < -0.39 is 27.8 Å². The summed E-state index contributed by atoms with van der Waals surface area (Å²) in [7, 11) is -3.17. The van der Waals surface area contributed by atoms with Gasteiger partial charge in [-0.05, 0) is 17.5 Å². The number of aliphatic carboxylic acids is 1. The van der Waals surface area contributed by atoms with Crippen LogP contribution in [0.4, 0.5) is 0 Å². The maximum atomic E-state index is 12.6. The number of carbonyl (C=O) groups excluding carboxylic acids is 1. The lowest BCUT2D eigenvalue weighted by atomic mass is 9.92. The molecule has 0 spiro atoms. The third kappa shape index (κ3) is 2.72. The second-order valence-electron chi connectivity index (χ2n) is 5.89. The van der Waals surface area contributed by atoms with Crippen molar-refractivity contribution < 1.29 is 23.1 Å². The molecule has 0 radical (unpaired) electrons. The van der Waals surface area contributed by atoms with Gasteiger partial charge in [0.15, 0.2) is 9.84 Å². The number of carbonyl (C=O) groups is 2. The number of hydrogen-bond acceptors (Lipinski definition) is 4. The monoisotopic (exact) mass is 323 g/mol. The Balaban J connectivity index is 1.88. The molecule has 22 heavy (non-hydrogen) atoms. The van der Waals surface area contributed by atoms with Gasteiger partial charge in [0.05, 0.1) is 17.4 Å². The highest BCUT2D eigenvalue weighted by molar-refractivity contribution is 7.91. The van der Waals surface area contributed by atoms with Gasteiger partial charge in [-0.25, -0.2) is 13.2 Å². The van der Waals surface area contributed by atoms with Crippen LogP contribution in [0.2, 0.25) is 0 Å². The zero-order chi connectivity index (χ0) is 15.9. The van der Waals surface area contributed by atoms with Crippen LogP contribution in [0.3, 0.4) is 0 Å². The molecule has 1 amide bonds. The molecule has 2 heterocycles. The molecular formula is C15H17NO5S. The van der Waals surface area contributed by atoms with Gasteiger partial charge in [0.25, 0.3) is 0 Å². The van der Waals surface area contributed by atoms with E-state index in [0.717, 1.165) is 11.1 Å². The van der Waals surface area contributed by atoms with Gasteiger partial charge in [-0.2, -0.15) is 0 Å². The van der Waals surface area contributed by atoms with Gasteiger partial charge in [-0.1, -0.05) is 24.3 Å². The molecule has 2 atom stereocenters. The third-order valence-electron chi connectivity index (χ3n) is 4.40. The van der Waals surface area contributed by atoms with Crippen LogP contribution >= 0.6 is 0 Å². The largest absolute Gasteiger partial charge is 0.480 e. The van der Waals surface area contributed by atoms with Crippen LogP contribution in [0.5, 0.6) is 0 Å². The zero-order valence-electron chi connectivity index (χ0n) is 11.9. The molecule has 0 bridgehead atoms. The summed E-state index contributed by atoms with van der Waals surface area (Å²) >= 11 is 0. The van der Waals surface area contributed by atoms with Crippen molar-refractivity contribution >= 4 is 21.7 Å². The Morgan fingerprint density at radius 3 is 2.45 bits per heavy atom. The number of amides is 1. The zero-order valence-corrected chi connectivity index (χ0v) is 12.8. The summed E-state index contributed by atoms with van der Waals surface area (Å²) in [6, 6.07) is 6.51. The summed E-state index contributed by atoms with van der Waals surface area (Å²) in [5, 5.41) is 9.42. The Morgan fingerprint density at radius 1 is 1.18 bits per heavy atom. The Labute approximate surface area is 128 Å². The van der Waals surface area contributed by atoms with E-state index in [2.05, 4.69) is 0 Å². The molecule has 7 heteroatoms. The summed E-state index contributed by atoms with van der Waals surface area (Å²) in [6.45, 7) is 0.225. The Bertz CT molecular complexity index is 727. The molecule has 118 valence electrons. The van der Waals surface area contributed by atoms with Crippen LogP contribution in [-0.4, -0.2) is 47.8 Å². The van der Waals surface area contributed by atoms with Crippen molar-refractivity contribution in [2.75, 3.05) is 11.5 Å². The minimum atomic E-state index is -3.17. The lowest BCUT2D eigenvalue weighted by Gasteiger charge is -2.35. The molecule has 0 aromatic heterocycles. The smallest absolute Gasteiger partial charge is 0.326 e. The lowest BCUT2D eigenvalue weighted by Crippen LogP contribution is -2.50. The Morgan fingerprint density at radius 2 is 1.86 bits per heavy atom. The first-order valence-corrected chi connectivity index (χ1v) is 9.00. The van der Waals surface area contributed by atoms with Gasteiger partial charge in [0.1, 0.15) is 6.04 Å². The number of carboxylic acid groups (broad SMARTS) is 1. The summed E-state index contributed by atoms with van der Waals surface area (Å²) < 4.78 is 23.1. The molecular weight excluding hydrogens is 306 g/mol. The average molecular weight is 323 g/mol. The van der Waals surface area contributed by atoms with E-state index in [-0.39, 0.29) is 36.8 Å². The van der Waals surface area contributed by atoms with Gasteiger partial charge in [0.2, 0.25) is 5.91 Å². The van der Waals surface area contributed by atoms with Crippen molar-refractivity contribution in [3.8, 4) is 0 Å². The fraction of sp³-hybridized carbons (Fsp3) is 0.467. The molecule has 6 nitrogen and oxygen atoms in total. The highest BCUT2D eigenvalue weighted by atomic mass is 32.2. The standard InChI is InChI=1S/C15H17NO5S/c17-14(12-5-6-22(20,21)9-12)16-8-11-4-2-1-3-10(11)7-13(16)15(18)19/h1-4,12-13H,5-9H2,(H,18,19)/t12-,13+/m1/s1. The Kier molecular flexibility index (Phi) is 3.68. The number of nitrogens with zero attached hydrogens (tertiary/aromatic N) is 1. The number of carboxylic acids is 1. The van der Waals surface area contributed by atoms with Crippen molar-refractivity contribution in [1.82, 2.24) is 4.90 Å². The summed E-state index contributed by atoms with van der Waals surface area (Å²) in [4.78, 5) is 25.4. The van der Waals surface area contributed by atoms with Gasteiger partial charge in [0, 0.05) is 13.0 Å². The summed E-state index contributed by atoms with van der Waals surface area (Å²) in [5.74, 6) is -2.19. The van der Waals surface area contributed by atoms with Crippen LogP contribution in [-0.2, 0) is 32.4 Å². The van der Waals surface area contributed by atoms with Gasteiger partial charge in [-0.15, -0.1) is 0 Å². The third-order valence-corrected chi connectivity index (χ3v) is 6.17. The van der Waals surface area contributed by atoms with Crippen molar-refractivity contribution in [1.29, 1.82) is 0 Å². The van der Waals surface area contributed by atoms with E-state index in [1.165, 1.54) is 4.90 Å². The van der Waals surface area contributed by atoms with E-state index in [0.29, 0.717) is 0 Å². The molecule has 1 aromatic carbocycles. The molecule has 2 aliphatic heterocycles. The lowest BCUT2D eigenvalue weighted by molar-refractivity contribution is -0.153. The fourth-order valence-electron chi connectivity index (χ4n) is 3.20. The summed E-state index contributed by atoms with van der Waals surface area (Å²) in [6.07, 6.45) is 0.544. The maximum Gasteiger partial charge on any atom is 0.326 e. The first-order chi connectivity index (χ1) is 10.4. The van der Waals surface area contributed by atoms with Crippen LogP contribution < -0.4 is 0 Å². The van der Waals surface area contributed by atoms with Gasteiger partial charge >= 0.3 is 5.97 Å². The quantitative estimate of drug-likeness (QED) is 0.853. The van der Waals surface area contributed by atoms with E-state index in [1.807, 2.05) is 24.3 Å².